The lowest BCUT2D eigenvalue weighted by molar-refractivity contribution is 0.191. The van der Waals surface area contributed by atoms with Crippen molar-refractivity contribution in [2.24, 2.45) is 5.92 Å². The van der Waals surface area contributed by atoms with Gasteiger partial charge < -0.3 is 10.4 Å². The lowest BCUT2D eigenvalue weighted by Gasteiger charge is -2.25. The summed E-state index contributed by atoms with van der Waals surface area (Å²) in [5.41, 5.74) is 0.572. The summed E-state index contributed by atoms with van der Waals surface area (Å²) in [6.07, 6.45) is 4.63. The molecule has 0 aromatic carbocycles. The highest BCUT2D eigenvalue weighted by atomic mass is 32.2. The number of rotatable bonds is 6. The van der Waals surface area contributed by atoms with E-state index in [2.05, 4.69) is 10.3 Å². The average Bonchev–Trinajstić information content (AvgIpc) is 2.87. The first-order valence-electron chi connectivity index (χ1n) is 7.33. The fraction of sp³-hybridized carbons (Fsp3) is 0.643. The van der Waals surface area contributed by atoms with E-state index in [0.29, 0.717) is 18.8 Å². The standard InChI is InChI=1S/C14H23N3O3S/c1-3-6-16-12-4-7-15-9-14(12)21(19,20)17-8-5-11(2)13(17)10-18/h4,7,9,11,13,18H,3,5-6,8,10H2,1-2H3,(H,15,16). The monoisotopic (exact) mass is 313 g/mol. The minimum absolute atomic E-state index is 0.154. The number of hydrogen-bond donors (Lipinski definition) is 2. The van der Waals surface area contributed by atoms with E-state index < -0.39 is 10.0 Å². The van der Waals surface area contributed by atoms with Crippen LogP contribution in [0.2, 0.25) is 0 Å². The van der Waals surface area contributed by atoms with Crippen LogP contribution in [0.25, 0.3) is 0 Å². The first-order chi connectivity index (χ1) is 10.0. The zero-order chi connectivity index (χ0) is 15.5. The van der Waals surface area contributed by atoms with Crippen LogP contribution in [0.15, 0.2) is 23.4 Å². The van der Waals surface area contributed by atoms with E-state index in [-0.39, 0.29) is 23.5 Å². The molecule has 21 heavy (non-hydrogen) atoms. The van der Waals surface area contributed by atoms with E-state index in [4.69, 9.17) is 0 Å². The smallest absolute Gasteiger partial charge is 0.247 e. The van der Waals surface area contributed by atoms with Gasteiger partial charge in [0, 0.05) is 25.5 Å². The summed E-state index contributed by atoms with van der Waals surface area (Å²) in [6, 6.07) is 1.32. The number of nitrogens with one attached hydrogen (secondary N) is 1. The summed E-state index contributed by atoms with van der Waals surface area (Å²) in [5.74, 6) is 0.161. The van der Waals surface area contributed by atoms with Crippen molar-refractivity contribution >= 4 is 15.7 Å². The predicted octanol–water partition coefficient (Wildman–Crippen LogP) is 1.29. The second-order valence-corrected chi connectivity index (χ2v) is 7.29. The number of anilines is 1. The van der Waals surface area contributed by atoms with E-state index >= 15 is 0 Å². The number of aromatic nitrogens is 1. The molecule has 7 heteroatoms. The highest BCUT2D eigenvalue weighted by Crippen LogP contribution is 2.32. The summed E-state index contributed by atoms with van der Waals surface area (Å²) >= 11 is 0. The molecule has 1 saturated heterocycles. The first-order valence-corrected chi connectivity index (χ1v) is 8.77. The van der Waals surface area contributed by atoms with E-state index in [9.17, 15) is 13.5 Å². The van der Waals surface area contributed by atoms with E-state index in [0.717, 1.165) is 12.8 Å². The minimum atomic E-state index is -3.65. The van der Waals surface area contributed by atoms with Crippen molar-refractivity contribution in [2.45, 2.75) is 37.6 Å². The normalized spacial score (nSPS) is 23.4. The van der Waals surface area contributed by atoms with Crippen LogP contribution in [-0.4, -0.2) is 48.6 Å². The van der Waals surface area contributed by atoms with Gasteiger partial charge in [0.25, 0.3) is 0 Å². The molecule has 0 aliphatic carbocycles. The van der Waals surface area contributed by atoms with Gasteiger partial charge in [-0.25, -0.2) is 8.42 Å². The Balaban J connectivity index is 2.36. The number of pyridine rings is 1. The molecule has 1 aromatic heterocycles. The Kier molecular flexibility index (Phi) is 5.18. The van der Waals surface area contributed by atoms with Crippen molar-refractivity contribution in [1.29, 1.82) is 0 Å². The molecule has 0 amide bonds. The van der Waals surface area contributed by atoms with Gasteiger partial charge >= 0.3 is 0 Å². The lowest BCUT2D eigenvalue weighted by atomic mass is 10.0. The average molecular weight is 313 g/mol. The van der Waals surface area contributed by atoms with Crippen LogP contribution in [0.3, 0.4) is 0 Å². The largest absolute Gasteiger partial charge is 0.395 e. The molecule has 1 fully saturated rings. The molecular weight excluding hydrogens is 290 g/mol. The maximum absolute atomic E-state index is 12.9. The Labute approximate surface area is 126 Å². The predicted molar refractivity (Wildman–Crippen MR) is 81.6 cm³/mol. The van der Waals surface area contributed by atoms with Crippen molar-refractivity contribution in [3.63, 3.8) is 0 Å². The molecule has 0 bridgehead atoms. The number of aliphatic hydroxyl groups is 1. The quantitative estimate of drug-likeness (QED) is 0.827. The first kappa shape index (κ1) is 16.2. The molecule has 2 unspecified atom stereocenters. The maximum Gasteiger partial charge on any atom is 0.247 e. The molecular formula is C14H23N3O3S. The summed E-state index contributed by atoms with van der Waals surface area (Å²) in [6.45, 7) is 4.98. The van der Waals surface area contributed by atoms with Crippen LogP contribution >= 0.6 is 0 Å². The third-order valence-corrected chi connectivity index (χ3v) is 5.91. The van der Waals surface area contributed by atoms with Crippen LogP contribution < -0.4 is 5.32 Å². The topological polar surface area (TPSA) is 82.5 Å². The van der Waals surface area contributed by atoms with Crippen LogP contribution in [0.5, 0.6) is 0 Å². The van der Waals surface area contributed by atoms with Gasteiger partial charge in [0.2, 0.25) is 10.0 Å². The van der Waals surface area contributed by atoms with E-state index in [1.807, 2.05) is 13.8 Å². The number of sulfonamides is 1. The molecule has 0 radical (unpaired) electrons. The molecule has 1 aliphatic rings. The Morgan fingerprint density at radius 2 is 2.29 bits per heavy atom. The minimum Gasteiger partial charge on any atom is -0.395 e. The van der Waals surface area contributed by atoms with E-state index in [1.54, 1.807) is 12.3 Å². The molecule has 6 nitrogen and oxygen atoms in total. The van der Waals surface area contributed by atoms with Gasteiger partial charge in [-0.3, -0.25) is 4.98 Å². The van der Waals surface area contributed by atoms with Gasteiger partial charge in [-0.15, -0.1) is 0 Å². The van der Waals surface area contributed by atoms with Gasteiger partial charge in [0.05, 0.1) is 18.3 Å². The van der Waals surface area contributed by atoms with Crippen LogP contribution in [-0.2, 0) is 10.0 Å². The molecule has 2 N–H and O–H groups in total. The highest BCUT2D eigenvalue weighted by Gasteiger charge is 2.40. The molecule has 2 atom stereocenters. The number of aliphatic hydroxyl groups excluding tert-OH is 1. The maximum atomic E-state index is 12.9. The number of hydrogen-bond acceptors (Lipinski definition) is 5. The van der Waals surface area contributed by atoms with Gasteiger partial charge in [-0.1, -0.05) is 13.8 Å². The summed E-state index contributed by atoms with van der Waals surface area (Å²) in [7, 11) is -3.65. The Morgan fingerprint density at radius 3 is 2.95 bits per heavy atom. The second-order valence-electron chi connectivity index (χ2n) is 5.43. The molecule has 118 valence electrons. The Hall–Kier alpha value is -1.18. The molecule has 1 aliphatic heterocycles. The van der Waals surface area contributed by atoms with Crippen molar-refractivity contribution in [3.05, 3.63) is 18.5 Å². The fourth-order valence-corrected chi connectivity index (χ4v) is 4.50. The van der Waals surface area contributed by atoms with Gasteiger partial charge in [0.15, 0.2) is 0 Å². The van der Waals surface area contributed by atoms with Crippen LogP contribution in [0.4, 0.5) is 5.69 Å². The van der Waals surface area contributed by atoms with Crippen molar-refractivity contribution in [1.82, 2.24) is 9.29 Å². The van der Waals surface area contributed by atoms with Crippen LogP contribution in [0, 0.1) is 5.92 Å². The lowest BCUT2D eigenvalue weighted by Crippen LogP contribution is -2.40. The molecule has 0 spiro atoms. The van der Waals surface area contributed by atoms with Crippen molar-refractivity contribution < 1.29 is 13.5 Å². The van der Waals surface area contributed by atoms with Gasteiger partial charge in [-0.05, 0) is 24.8 Å². The van der Waals surface area contributed by atoms with Crippen LogP contribution in [0.1, 0.15) is 26.7 Å². The van der Waals surface area contributed by atoms with E-state index in [1.165, 1.54) is 10.5 Å². The van der Waals surface area contributed by atoms with Crippen molar-refractivity contribution in [2.75, 3.05) is 25.0 Å². The third-order valence-electron chi connectivity index (χ3n) is 3.96. The SMILES string of the molecule is CCCNc1ccncc1S(=O)(=O)N1CCC(C)C1CO. The number of nitrogens with zero attached hydrogens (tertiary/aromatic N) is 2. The fourth-order valence-electron chi connectivity index (χ4n) is 2.66. The molecule has 0 saturated carbocycles. The van der Waals surface area contributed by atoms with Crippen molar-refractivity contribution in [3.8, 4) is 0 Å². The highest BCUT2D eigenvalue weighted by molar-refractivity contribution is 7.89. The Bertz CT molecular complexity index is 577. The Morgan fingerprint density at radius 1 is 1.52 bits per heavy atom. The molecule has 2 rings (SSSR count). The third kappa shape index (κ3) is 3.20. The zero-order valence-electron chi connectivity index (χ0n) is 12.5. The van der Waals surface area contributed by atoms with Gasteiger partial charge in [-0.2, -0.15) is 4.31 Å². The summed E-state index contributed by atoms with van der Waals surface area (Å²) in [5, 5.41) is 12.6. The van der Waals surface area contributed by atoms with Gasteiger partial charge in [0.1, 0.15) is 4.90 Å². The molecule has 2 heterocycles. The summed E-state index contributed by atoms with van der Waals surface area (Å²) < 4.78 is 27.1. The zero-order valence-corrected chi connectivity index (χ0v) is 13.3. The summed E-state index contributed by atoms with van der Waals surface area (Å²) in [4.78, 5) is 4.14. The second kappa shape index (κ2) is 6.72. The molecule has 1 aromatic rings.